The van der Waals surface area contributed by atoms with Gasteiger partial charge in [0.15, 0.2) is 0 Å². The first-order valence-corrected chi connectivity index (χ1v) is 10.0. The highest BCUT2D eigenvalue weighted by molar-refractivity contribution is 7.89. The number of aliphatic hydroxyl groups is 1. The lowest BCUT2D eigenvalue weighted by Gasteiger charge is -2.32. The molecule has 0 saturated carbocycles. The SMILES string of the molecule is Cc1ccc(S(=O)(=O)N2CC[NH+](C[C@H](O)c3ccccc3)CC2)cc1. The fourth-order valence-corrected chi connectivity index (χ4v) is 4.61. The molecule has 0 amide bonds. The van der Waals surface area contributed by atoms with Crippen molar-refractivity contribution in [3.63, 3.8) is 0 Å². The predicted octanol–water partition coefficient (Wildman–Crippen LogP) is 0.618. The number of nitrogens with one attached hydrogen (secondary N) is 1. The fourth-order valence-electron chi connectivity index (χ4n) is 3.17. The number of aliphatic hydroxyl groups excluding tert-OH is 1. The zero-order chi connectivity index (χ0) is 17.9. The van der Waals surface area contributed by atoms with E-state index in [1.54, 1.807) is 16.4 Å². The van der Waals surface area contributed by atoms with Gasteiger partial charge in [-0.25, -0.2) is 8.42 Å². The maximum atomic E-state index is 12.7. The van der Waals surface area contributed by atoms with Gasteiger partial charge in [-0.3, -0.25) is 0 Å². The van der Waals surface area contributed by atoms with Crippen LogP contribution in [0.3, 0.4) is 0 Å². The van der Waals surface area contributed by atoms with Crippen molar-refractivity contribution in [3.05, 3.63) is 65.7 Å². The number of benzene rings is 2. The summed E-state index contributed by atoms with van der Waals surface area (Å²) in [5.74, 6) is 0. The molecule has 1 fully saturated rings. The van der Waals surface area contributed by atoms with Crippen LogP contribution in [0.25, 0.3) is 0 Å². The molecule has 0 aromatic heterocycles. The zero-order valence-corrected chi connectivity index (χ0v) is 15.2. The Kier molecular flexibility index (Phi) is 5.54. The topological polar surface area (TPSA) is 62.0 Å². The summed E-state index contributed by atoms with van der Waals surface area (Å²) in [4.78, 5) is 1.58. The van der Waals surface area contributed by atoms with Crippen molar-refractivity contribution in [2.45, 2.75) is 17.9 Å². The molecule has 134 valence electrons. The highest BCUT2D eigenvalue weighted by Crippen LogP contribution is 2.16. The number of nitrogens with zero attached hydrogens (tertiary/aromatic N) is 1. The minimum Gasteiger partial charge on any atom is -0.382 e. The number of hydrogen-bond acceptors (Lipinski definition) is 3. The molecule has 1 aliphatic rings. The summed E-state index contributed by atoms with van der Waals surface area (Å²) in [6.45, 7) is 4.91. The minimum absolute atomic E-state index is 0.353. The van der Waals surface area contributed by atoms with Crippen molar-refractivity contribution < 1.29 is 18.4 Å². The van der Waals surface area contributed by atoms with Crippen LogP contribution in [0, 0.1) is 6.92 Å². The van der Waals surface area contributed by atoms with E-state index in [2.05, 4.69) is 0 Å². The summed E-state index contributed by atoms with van der Waals surface area (Å²) in [5.41, 5.74) is 1.95. The molecule has 0 bridgehead atoms. The molecule has 1 atom stereocenters. The molecule has 5 nitrogen and oxygen atoms in total. The molecule has 2 aromatic carbocycles. The van der Waals surface area contributed by atoms with E-state index in [9.17, 15) is 13.5 Å². The third-order valence-electron chi connectivity index (χ3n) is 4.75. The van der Waals surface area contributed by atoms with Gasteiger partial charge in [0, 0.05) is 0 Å². The standard InChI is InChI=1S/C19H24N2O3S/c1-16-7-9-18(10-8-16)25(23,24)21-13-11-20(12-14-21)15-19(22)17-5-3-2-4-6-17/h2-10,19,22H,11-15H2,1H3/p+1/t19-/m0/s1. The largest absolute Gasteiger partial charge is 0.382 e. The first-order chi connectivity index (χ1) is 12.0. The van der Waals surface area contributed by atoms with Gasteiger partial charge < -0.3 is 10.0 Å². The van der Waals surface area contributed by atoms with E-state index < -0.39 is 16.1 Å². The van der Waals surface area contributed by atoms with Crippen LogP contribution in [0.2, 0.25) is 0 Å². The number of quaternary nitrogens is 1. The number of rotatable bonds is 5. The van der Waals surface area contributed by atoms with E-state index in [0.29, 0.717) is 37.6 Å². The van der Waals surface area contributed by atoms with Gasteiger partial charge in [0.1, 0.15) is 12.6 Å². The molecule has 1 heterocycles. The molecule has 0 radical (unpaired) electrons. The van der Waals surface area contributed by atoms with Crippen molar-refractivity contribution in [1.29, 1.82) is 0 Å². The van der Waals surface area contributed by atoms with E-state index >= 15 is 0 Å². The van der Waals surface area contributed by atoms with Gasteiger partial charge >= 0.3 is 0 Å². The molecule has 0 spiro atoms. The molecule has 25 heavy (non-hydrogen) atoms. The third kappa shape index (κ3) is 4.27. The predicted molar refractivity (Wildman–Crippen MR) is 96.9 cm³/mol. The van der Waals surface area contributed by atoms with Crippen LogP contribution in [-0.4, -0.2) is 50.6 Å². The Balaban J connectivity index is 1.59. The minimum atomic E-state index is -3.43. The molecule has 2 N–H and O–H groups in total. The second kappa shape index (κ2) is 7.66. The summed E-state index contributed by atoms with van der Waals surface area (Å²) in [6.07, 6.45) is -0.517. The summed E-state index contributed by atoms with van der Waals surface area (Å²) < 4.78 is 27.0. The monoisotopic (exact) mass is 361 g/mol. The van der Waals surface area contributed by atoms with Crippen LogP contribution in [0.15, 0.2) is 59.5 Å². The lowest BCUT2D eigenvalue weighted by atomic mass is 10.1. The molecule has 2 aromatic rings. The van der Waals surface area contributed by atoms with Crippen LogP contribution >= 0.6 is 0 Å². The van der Waals surface area contributed by atoms with Crippen molar-refractivity contribution in [1.82, 2.24) is 4.31 Å². The average molecular weight is 361 g/mol. The summed E-state index contributed by atoms with van der Waals surface area (Å²) >= 11 is 0. The molecular weight excluding hydrogens is 336 g/mol. The van der Waals surface area contributed by atoms with Crippen LogP contribution < -0.4 is 4.90 Å². The smallest absolute Gasteiger partial charge is 0.243 e. The Morgan fingerprint density at radius 1 is 1.04 bits per heavy atom. The van der Waals surface area contributed by atoms with E-state index in [1.165, 1.54) is 4.90 Å². The van der Waals surface area contributed by atoms with Crippen molar-refractivity contribution in [3.8, 4) is 0 Å². The summed E-state index contributed by atoms with van der Waals surface area (Å²) in [6, 6.07) is 16.6. The molecule has 0 unspecified atom stereocenters. The van der Waals surface area contributed by atoms with Crippen molar-refractivity contribution in [2.75, 3.05) is 32.7 Å². The summed E-state index contributed by atoms with van der Waals surface area (Å²) in [7, 11) is -3.43. The van der Waals surface area contributed by atoms with E-state index in [1.807, 2.05) is 49.4 Å². The quantitative estimate of drug-likeness (QED) is 0.821. The molecular formula is C19H25N2O3S+. The first kappa shape index (κ1) is 18.1. The van der Waals surface area contributed by atoms with Gasteiger partial charge in [-0.15, -0.1) is 0 Å². The second-order valence-electron chi connectivity index (χ2n) is 6.60. The second-order valence-corrected chi connectivity index (χ2v) is 8.54. The van der Waals surface area contributed by atoms with Gasteiger partial charge in [0.25, 0.3) is 0 Å². The summed E-state index contributed by atoms with van der Waals surface area (Å²) in [5, 5.41) is 10.3. The number of piperazine rings is 1. The molecule has 1 aliphatic heterocycles. The lowest BCUT2D eigenvalue weighted by Crippen LogP contribution is -3.15. The molecule has 3 rings (SSSR count). The highest BCUT2D eigenvalue weighted by atomic mass is 32.2. The first-order valence-electron chi connectivity index (χ1n) is 8.60. The Labute approximate surface area is 149 Å². The van der Waals surface area contributed by atoms with Gasteiger partial charge in [-0.05, 0) is 24.6 Å². The Bertz CT molecular complexity index is 783. The average Bonchev–Trinajstić information content (AvgIpc) is 2.63. The number of hydrogen-bond donors (Lipinski definition) is 2. The van der Waals surface area contributed by atoms with Gasteiger partial charge in [0.2, 0.25) is 10.0 Å². The van der Waals surface area contributed by atoms with Gasteiger partial charge in [-0.2, -0.15) is 4.31 Å². The van der Waals surface area contributed by atoms with E-state index in [4.69, 9.17) is 0 Å². The van der Waals surface area contributed by atoms with Crippen LogP contribution in [0.5, 0.6) is 0 Å². The fraction of sp³-hybridized carbons (Fsp3) is 0.368. The third-order valence-corrected chi connectivity index (χ3v) is 6.67. The maximum Gasteiger partial charge on any atom is 0.243 e. The molecule has 0 aliphatic carbocycles. The van der Waals surface area contributed by atoms with E-state index in [-0.39, 0.29) is 0 Å². The van der Waals surface area contributed by atoms with Gasteiger partial charge in [0.05, 0.1) is 31.1 Å². The van der Waals surface area contributed by atoms with Crippen LogP contribution in [0.4, 0.5) is 0 Å². The van der Waals surface area contributed by atoms with Crippen LogP contribution in [0.1, 0.15) is 17.2 Å². The number of sulfonamides is 1. The maximum absolute atomic E-state index is 12.7. The highest BCUT2D eigenvalue weighted by Gasteiger charge is 2.31. The molecule has 6 heteroatoms. The Hall–Kier alpha value is -1.73. The zero-order valence-electron chi connectivity index (χ0n) is 14.4. The normalized spacial score (nSPS) is 18.2. The molecule has 1 saturated heterocycles. The van der Waals surface area contributed by atoms with Crippen molar-refractivity contribution in [2.24, 2.45) is 0 Å². The Morgan fingerprint density at radius 2 is 1.64 bits per heavy atom. The van der Waals surface area contributed by atoms with Gasteiger partial charge in [-0.1, -0.05) is 48.0 Å². The number of aryl methyl sites for hydroxylation is 1. The van der Waals surface area contributed by atoms with E-state index in [0.717, 1.165) is 11.1 Å². The van der Waals surface area contributed by atoms with Crippen LogP contribution in [-0.2, 0) is 10.0 Å². The van der Waals surface area contributed by atoms with Crippen molar-refractivity contribution >= 4 is 10.0 Å². The lowest BCUT2D eigenvalue weighted by molar-refractivity contribution is -0.907. The Morgan fingerprint density at radius 3 is 2.24 bits per heavy atom.